The average molecular weight is 250 g/mol. The third-order valence-corrected chi connectivity index (χ3v) is 3.33. The van der Waals surface area contributed by atoms with Crippen molar-refractivity contribution in [2.45, 2.75) is 33.0 Å². The molecule has 4 nitrogen and oxygen atoms in total. The van der Waals surface area contributed by atoms with Crippen LogP contribution in [0.1, 0.15) is 19.4 Å². The Morgan fingerprint density at radius 3 is 2.44 bits per heavy atom. The summed E-state index contributed by atoms with van der Waals surface area (Å²) in [5.41, 5.74) is 8.88. The topological polar surface area (TPSA) is 47.7 Å². The highest BCUT2D eigenvalue weighted by atomic mass is 16.5. The minimum Gasteiger partial charge on any atom is -0.495 e. The van der Waals surface area contributed by atoms with Crippen LogP contribution in [0.4, 0.5) is 11.4 Å². The summed E-state index contributed by atoms with van der Waals surface area (Å²) < 4.78 is 11.2. The predicted octanol–water partition coefficient (Wildman–Crippen LogP) is 2.20. The molecule has 0 radical (unpaired) electrons. The molecule has 1 aliphatic rings. The number of methoxy groups -OCH3 is 1. The molecule has 1 aromatic rings. The second-order valence-corrected chi connectivity index (χ2v) is 5.04. The number of hydrogen-bond acceptors (Lipinski definition) is 4. The Morgan fingerprint density at radius 1 is 1.28 bits per heavy atom. The van der Waals surface area contributed by atoms with Crippen LogP contribution in [0, 0.1) is 6.92 Å². The van der Waals surface area contributed by atoms with Gasteiger partial charge in [-0.15, -0.1) is 0 Å². The van der Waals surface area contributed by atoms with Gasteiger partial charge >= 0.3 is 0 Å². The fourth-order valence-corrected chi connectivity index (χ4v) is 2.47. The zero-order chi connectivity index (χ0) is 13.3. The first-order chi connectivity index (χ1) is 8.51. The molecule has 100 valence electrons. The lowest BCUT2D eigenvalue weighted by atomic mass is 10.1. The molecule has 2 rings (SSSR count). The molecule has 4 heteroatoms. The van der Waals surface area contributed by atoms with Crippen LogP contribution in [0.25, 0.3) is 0 Å². The van der Waals surface area contributed by atoms with Gasteiger partial charge in [-0.05, 0) is 32.4 Å². The molecule has 1 fully saturated rings. The van der Waals surface area contributed by atoms with Crippen molar-refractivity contribution in [1.82, 2.24) is 0 Å². The van der Waals surface area contributed by atoms with Crippen molar-refractivity contribution >= 4 is 11.4 Å². The lowest BCUT2D eigenvalue weighted by Gasteiger charge is -2.37. The van der Waals surface area contributed by atoms with Crippen molar-refractivity contribution in [2.75, 3.05) is 30.8 Å². The van der Waals surface area contributed by atoms with E-state index < -0.39 is 0 Å². The monoisotopic (exact) mass is 250 g/mol. The van der Waals surface area contributed by atoms with E-state index in [0.717, 1.165) is 35.8 Å². The number of aryl methyl sites for hydroxylation is 1. The van der Waals surface area contributed by atoms with E-state index in [1.807, 2.05) is 13.0 Å². The maximum absolute atomic E-state index is 5.93. The van der Waals surface area contributed by atoms with Crippen molar-refractivity contribution in [1.29, 1.82) is 0 Å². The van der Waals surface area contributed by atoms with Crippen LogP contribution in [0.3, 0.4) is 0 Å². The number of rotatable bonds is 2. The Kier molecular flexibility index (Phi) is 3.66. The molecular weight excluding hydrogens is 228 g/mol. The first-order valence-corrected chi connectivity index (χ1v) is 6.35. The average Bonchev–Trinajstić information content (AvgIpc) is 2.30. The summed E-state index contributed by atoms with van der Waals surface area (Å²) in [5, 5.41) is 0. The molecule has 1 heterocycles. The van der Waals surface area contributed by atoms with Gasteiger partial charge in [0.2, 0.25) is 0 Å². The van der Waals surface area contributed by atoms with Gasteiger partial charge in [-0.25, -0.2) is 0 Å². The summed E-state index contributed by atoms with van der Waals surface area (Å²) in [6.07, 6.45) is 0.465. The van der Waals surface area contributed by atoms with Gasteiger partial charge < -0.3 is 20.1 Å². The van der Waals surface area contributed by atoms with Crippen LogP contribution in [0.15, 0.2) is 12.1 Å². The number of hydrogen-bond donors (Lipinski definition) is 1. The Labute approximate surface area is 109 Å². The van der Waals surface area contributed by atoms with Crippen molar-refractivity contribution in [3.05, 3.63) is 17.7 Å². The second-order valence-electron chi connectivity index (χ2n) is 5.04. The van der Waals surface area contributed by atoms with Crippen LogP contribution in [0.2, 0.25) is 0 Å². The largest absolute Gasteiger partial charge is 0.495 e. The molecule has 1 saturated heterocycles. The molecule has 1 aliphatic heterocycles. The van der Waals surface area contributed by atoms with Crippen molar-refractivity contribution in [3.8, 4) is 5.75 Å². The van der Waals surface area contributed by atoms with Gasteiger partial charge in [-0.3, -0.25) is 0 Å². The number of ether oxygens (including phenoxy) is 2. The Morgan fingerprint density at radius 2 is 1.89 bits per heavy atom. The van der Waals surface area contributed by atoms with Crippen LogP contribution >= 0.6 is 0 Å². The lowest BCUT2D eigenvalue weighted by molar-refractivity contribution is -0.00532. The normalized spacial score (nSPS) is 24.1. The summed E-state index contributed by atoms with van der Waals surface area (Å²) in [5.74, 6) is 0.833. The van der Waals surface area contributed by atoms with Gasteiger partial charge in [0.25, 0.3) is 0 Å². The van der Waals surface area contributed by atoms with E-state index in [4.69, 9.17) is 15.2 Å². The third-order valence-electron chi connectivity index (χ3n) is 3.33. The van der Waals surface area contributed by atoms with Crippen molar-refractivity contribution in [3.63, 3.8) is 0 Å². The SMILES string of the molecule is COc1cc(N)c(C)cc1N1CC(C)OC(C)C1. The minimum atomic E-state index is 0.233. The zero-order valence-corrected chi connectivity index (χ0v) is 11.6. The summed E-state index contributed by atoms with van der Waals surface area (Å²) in [4.78, 5) is 2.31. The summed E-state index contributed by atoms with van der Waals surface area (Å²) >= 11 is 0. The number of benzene rings is 1. The smallest absolute Gasteiger partial charge is 0.144 e. The molecule has 0 amide bonds. The van der Waals surface area contributed by atoms with Gasteiger partial charge in [0, 0.05) is 24.8 Å². The molecule has 0 bridgehead atoms. The summed E-state index contributed by atoms with van der Waals surface area (Å²) in [6, 6.07) is 3.99. The van der Waals surface area contributed by atoms with E-state index in [2.05, 4.69) is 24.8 Å². The highest BCUT2D eigenvalue weighted by molar-refractivity contribution is 5.67. The first-order valence-electron chi connectivity index (χ1n) is 6.35. The molecular formula is C14H22N2O2. The Bertz CT molecular complexity index is 424. The third kappa shape index (κ3) is 2.53. The van der Waals surface area contributed by atoms with E-state index in [9.17, 15) is 0 Å². The molecule has 2 N–H and O–H groups in total. The number of morpholine rings is 1. The van der Waals surface area contributed by atoms with E-state index in [-0.39, 0.29) is 12.2 Å². The van der Waals surface area contributed by atoms with E-state index in [0.29, 0.717) is 0 Å². The van der Waals surface area contributed by atoms with Gasteiger partial charge in [-0.2, -0.15) is 0 Å². The van der Waals surface area contributed by atoms with Gasteiger partial charge in [0.05, 0.1) is 25.0 Å². The van der Waals surface area contributed by atoms with E-state index in [1.54, 1.807) is 7.11 Å². The molecule has 0 aromatic heterocycles. The molecule has 0 saturated carbocycles. The number of anilines is 2. The second kappa shape index (κ2) is 5.06. The zero-order valence-electron chi connectivity index (χ0n) is 11.6. The molecule has 0 aliphatic carbocycles. The van der Waals surface area contributed by atoms with Gasteiger partial charge in [-0.1, -0.05) is 0 Å². The molecule has 1 aromatic carbocycles. The quantitative estimate of drug-likeness (QED) is 0.817. The van der Waals surface area contributed by atoms with Gasteiger partial charge in [0.15, 0.2) is 0 Å². The number of nitrogens with zero attached hydrogens (tertiary/aromatic N) is 1. The predicted molar refractivity (Wildman–Crippen MR) is 74.4 cm³/mol. The first kappa shape index (κ1) is 13.0. The molecule has 2 unspecified atom stereocenters. The maximum Gasteiger partial charge on any atom is 0.144 e. The number of nitrogen functional groups attached to an aromatic ring is 1. The van der Waals surface area contributed by atoms with Crippen molar-refractivity contribution < 1.29 is 9.47 Å². The standard InChI is InChI=1S/C14H22N2O2/c1-9-5-13(14(17-4)6-12(9)15)16-7-10(2)18-11(3)8-16/h5-6,10-11H,7-8,15H2,1-4H3. The summed E-state index contributed by atoms with van der Waals surface area (Å²) in [7, 11) is 1.68. The van der Waals surface area contributed by atoms with Crippen molar-refractivity contribution in [2.24, 2.45) is 0 Å². The lowest BCUT2D eigenvalue weighted by Crippen LogP contribution is -2.45. The van der Waals surface area contributed by atoms with Crippen LogP contribution in [-0.2, 0) is 4.74 Å². The van der Waals surface area contributed by atoms with Crippen LogP contribution in [-0.4, -0.2) is 32.4 Å². The molecule has 18 heavy (non-hydrogen) atoms. The maximum atomic E-state index is 5.93. The highest BCUT2D eigenvalue weighted by Crippen LogP contribution is 2.34. The van der Waals surface area contributed by atoms with Crippen LogP contribution < -0.4 is 15.4 Å². The van der Waals surface area contributed by atoms with E-state index >= 15 is 0 Å². The molecule has 0 spiro atoms. The highest BCUT2D eigenvalue weighted by Gasteiger charge is 2.24. The fourth-order valence-electron chi connectivity index (χ4n) is 2.47. The number of nitrogens with two attached hydrogens (primary N) is 1. The Hall–Kier alpha value is -1.42. The fraction of sp³-hybridized carbons (Fsp3) is 0.571. The Balaban J connectivity index is 2.34. The minimum absolute atomic E-state index is 0.233. The molecule has 2 atom stereocenters. The van der Waals surface area contributed by atoms with Gasteiger partial charge in [0.1, 0.15) is 5.75 Å². The summed E-state index contributed by atoms with van der Waals surface area (Å²) in [6.45, 7) is 7.97. The van der Waals surface area contributed by atoms with Crippen LogP contribution in [0.5, 0.6) is 5.75 Å². The van der Waals surface area contributed by atoms with E-state index in [1.165, 1.54) is 0 Å².